The Morgan fingerprint density at radius 1 is 1.21 bits per heavy atom. The molecule has 1 aromatic rings. The van der Waals surface area contributed by atoms with Crippen LogP contribution in [0.5, 0.6) is 0 Å². The number of anilines is 2. The van der Waals surface area contributed by atoms with Gasteiger partial charge in [-0.25, -0.2) is 9.97 Å². The average molecular weight is 282 g/mol. The van der Waals surface area contributed by atoms with Gasteiger partial charge in [-0.2, -0.15) is 11.8 Å². The molecule has 1 unspecified atom stereocenters. The molecule has 0 saturated heterocycles. The average Bonchev–Trinajstić information content (AvgIpc) is 2.42. The zero-order chi connectivity index (χ0) is 14.1. The number of thioether (sulfide) groups is 1. The summed E-state index contributed by atoms with van der Waals surface area (Å²) in [5, 5.41) is 6.79. The van der Waals surface area contributed by atoms with Crippen molar-refractivity contribution < 1.29 is 0 Å². The van der Waals surface area contributed by atoms with E-state index in [4.69, 9.17) is 0 Å². The first kappa shape index (κ1) is 16.1. The Hall–Kier alpha value is -0.970. The number of aromatic nitrogens is 2. The molecule has 1 aromatic heterocycles. The topological polar surface area (TPSA) is 49.8 Å². The second-order valence-corrected chi connectivity index (χ2v) is 5.86. The molecule has 1 atom stereocenters. The van der Waals surface area contributed by atoms with Crippen molar-refractivity contribution in [1.82, 2.24) is 9.97 Å². The minimum Gasteiger partial charge on any atom is -0.370 e. The van der Waals surface area contributed by atoms with Crippen LogP contribution >= 0.6 is 11.8 Å². The molecule has 0 amide bonds. The second-order valence-electron chi connectivity index (χ2n) is 4.54. The highest BCUT2D eigenvalue weighted by atomic mass is 32.2. The molecular weight excluding hydrogens is 256 g/mol. The Morgan fingerprint density at radius 2 is 1.95 bits per heavy atom. The molecule has 1 rings (SSSR count). The van der Waals surface area contributed by atoms with Gasteiger partial charge in [-0.05, 0) is 19.1 Å². The molecule has 5 heteroatoms. The van der Waals surface area contributed by atoms with Crippen LogP contribution in [-0.2, 0) is 6.42 Å². The van der Waals surface area contributed by atoms with Gasteiger partial charge in [0.25, 0.3) is 0 Å². The van der Waals surface area contributed by atoms with Crippen molar-refractivity contribution in [3.05, 3.63) is 11.9 Å². The van der Waals surface area contributed by atoms with Crippen LogP contribution in [0.25, 0.3) is 0 Å². The Morgan fingerprint density at radius 3 is 2.58 bits per heavy atom. The SMILES string of the molecule is CCCNc1cc(NC(C)CSCC)nc(CC)n1. The first-order valence-electron chi connectivity index (χ1n) is 7.15. The number of aryl methyl sites for hydroxylation is 1. The van der Waals surface area contributed by atoms with Gasteiger partial charge in [-0.1, -0.05) is 20.8 Å². The van der Waals surface area contributed by atoms with Crippen LogP contribution in [0.15, 0.2) is 6.07 Å². The van der Waals surface area contributed by atoms with Crippen LogP contribution < -0.4 is 10.6 Å². The normalized spacial score (nSPS) is 12.2. The maximum atomic E-state index is 4.54. The molecule has 19 heavy (non-hydrogen) atoms. The number of nitrogens with one attached hydrogen (secondary N) is 2. The minimum atomic E-state index is 0.420. The Labute approximate surface area is 121 Å². The molecule has 0 aliphatic heterocycles. The number of nitrogens with zero attached hydrogens (tertiary/aromatic N) is 2. The third-order valence-corrected chi connectivity index (χ3v) is 3.76. The Kier molecular flexibility index (Phi) is 7.63. The van der Waals surface area contributed by atoms with E-state index in [0.717, 1.165) is 48.4 Å². The van der Waals surface area contributed by atoms with Gasteiger partial charge in [0, 0.05) is 30.8 Å². The summed E-state index contributed by atoms with van der Waals surface area (Å²) in [6.07, 6.45) is 1.95. The molecular formula is C14H26N4S. The maximum absolute atomic E-state index is 4.54. The fourth-order valence-electron chi connectivity index (χ4n) is 1.66. The van der Waals surface area contributed by atoms with Gasteiger partial charge in [-0.3, -0.25) is 0 Å². The largest absolute Gasteiger partial charge is 0.370 e. The summed E-state index contributed by atoms with van der Waals surface area (Å²) in [5.74, 6) is 4.99. The fourth-order valence-corrected chi connectivity index (χ4v) is 2.33. The quantitative estimate of drug-likeness (QED) is 0.727. The number of hydrogen-bond donors (Lipinski definition) is 2. The van der Waals surface area contributed by atoms with Crippen molar-refractivity contribution in [3.63, 3.8) is 0 Å². The van der Waals surface area contributed by atoms with Crippen molar-refractivity contribution in [2.45, 2.75) is 46.6 Å². The highest BCUT2D eigenvalue weighted by molar-refractivity contribution is 7.99. The molecule has 0 spiro atoms. The van der Waals surface area contributed by atoms with Gasteiger partial charge >= 0.3 is 0 Å². The monoisotopic (exact) mass is 282 g/mol. The molecule has 1 heterocycles. The third kappa shape index (κ3) is 6.14. The summed E-state index contributed by atoms with van der Waals surface area (Å²) >= 11 is 1.94. The van der Waals surface area contributed by atoms with E-state index in [1.807, 2.05) is 17.8 Å². The fraction of sp³-hybridized carbons (Fsp3) is 0.714. The number of rotatable bonds is 9. The highest BCUT2D eigenvalue weighted by Gasteiger charge is 2.06. The van der Waals surface area contributed by atoms with Crippen LogP contribution in [0.3, 0.4) is 0 Å². The number of hydrogen-bond acceptors (Lipinski definition) is 5. The van der Waals surface area contributed by atoms with Crippen molar-refractivity contribution in [2.24, 2.45) is 0 Å². The van der Waals surface area contributed by atoms with E-state index < -0.39 is 0 Å². The van der Waals surface area contributed by atoms with E-state index >= 15 is 0 Å². The zero-order valence-electron chi connectivity index (χ0n) is 12.5. The van der Waals surface area contributed by atoms with Crippen LogP contribution in [-0.4, -0.2) is 34.1 Å². The molecule has 0 aliphatic carbocycles. The molecule has 0 fully saturated rings. The van der Waals surface area contributed by atoms with Gasteiger partial charge in [0.15, 0.2) is 0 Å². The molecule has 0 aliphatic rings. The van der Waals surface area contributed by atoms with Crippen molar-refractivity contribution in [2.75, 3.05) is 28.7 Å². The highest BCUT2D eigenvalue weighted by Crippen LogP contribution is 2.14. The van der Waals surface area contributed by atoms with Crippen LogP contribution in [0.4, 0.5) is 11.6 Å². The zero-order valence-corrected chi connectivity index (χ0v) is 13.3. The summed E-state index contributed by atoms with van der Waals surface area (Å²) in [6.45, 7) is 9.55. The molecule has 4 nitrogen and oxygen atoms in total. The third-order valence-electron chi connectivity index (χ3n) is 2.61. The van der Waals surface area contributed by atoms with E-state index in [0.29, 0.717) is 6.04 Å². The molecule has 2 N–H and O–H groups in total. The summed E-state index contributed by atoms with van der Waals surface area (Å²) in [4.78, 5) is 9.03. The predicted octanol–water partition coefficient (Wildman–Crippen LogP) is 3.41. The van der Waals surface area contributed by atoms with Crippen LogP contribution in [0.2, 0.25) is 0 Å². The van der Waals surface area contributed by atoms with Crippen molar-refractivity contribution in [3.8, 4) is 0 Å². The standard InChI is InChI=1S/C14H26N4S/c1-5-8-15-13-9-14(18-12(6-2)17-13)16-11(4)10-19-7-3/h9,11H,5-8,10H2,1-4H3,(H2,15,16,17,18). The van der Waals surface area contributed by atoms with Crippen LogP contribution in [0.1, 0.15) is 39.9 Å². The molecule has 0 bridgehead atoms. The van der Waals surface area contributed by atoms with Gasteiger partial charge in [0.05, 0.1) is 0 Å². The van der Waals surface area contributed by atoms with E-state index in [1.165, 1.54) is 0 Å². The van der Waals surface area contributed by atoms with Gasteiger partial charge in [0.2, 0.25) is 0 Å². The van der Waals surface area contributed by atoms with Crippen LogP contribution in [0, 0.1) is 0 Å². The Balaban J connectivity index is 2.69. The Bertz CT molecular complexity index is 370. The first-order chi connectivity index (χ1) is 9.19. The van der Waals surface area contributed by atoms with Gasteiger partial charge in [0.1, 0.15) is 17.5 Å². The lowest BCUT2D eigenvalue weighted by Gasteiger charge is -2.15. The molecule has 0 saturated carbocycles. The molecule has 108 valence electrons. The molecule has 0 radical (unpaired) electrons. The summed E-state index contributed by atoms with van der Waals surface area (Å²) < 4.78 is 0. The predicted molar refractivity (Wildman–Crippen MR) is 86.3 cm³/mol. The minimum absolute atomic E-state index is 0.420. The van der Waals surface area contributed by atoms with E-state index in [9.17, 15) is 0 Å². The van der Waals surface area contributed by atoms with E-state index in [2.05, 4.69) is 48.3 Å². The van der Waals surface area contributed by atoms with Crippen molar-refractivity contribution in [1.29, 1.82) is 0 Å². The van der Waals surface area contributed by atoms with Gasteiger partial charge < -0.3 is 10.6 Å². The lowest BCUT2D eigenvalue weighted by molar-refractivity contribution is 0.873. The van der Waals surface area contributed by atoms with E-state index in [-0.39, 0.29) is 0 Å². The second kappa shape index (κ2) is 9.02. The lowest BCUT2D eigenvalue weighted by atomic mass is 10.3. The summed E-state index contributed by atoms with van der Waals surface area (Å²) in [7, 11) is 0. The lowest BCUT2D eigenvalue weighted by Crippen LogP contribution is -2.19. The first-order valence-corrected chi connectivity index (χ1v) is 8.31. The smallest absolute Gasteiger partial charge is 0.132 e. The van der Waals surface area contributed by atoms with Crippen molar-refractivity contribution >= 4 is 23.4 Å². The maximum Gasteiger partial charge on any atom is 0.132 e. The summed E-state index contributed by atoms with van der Waals surface area (Å²) in [6, 6.07) is 2.42. The van der Waals surface area contributed by atoms with Gasteiger partial charge in [-0.15, -0.1) is 0 Å². The van der Waals surface area contributed by atoms with E-state index in [1.54, 1.807) is 0 Å². The molecule has 0 aromatic carbocycles. The summed E-state index contributed by atoms with van der Waals surface area (Å²) in [5.41, 5.74) is 0.